The van der Waals surface area contributed by atoms with E-state index < -0.39 is 0 Å². The Kier molecular flexibility index (Phi) is 15.9. The molecule has 0 bridgehead atoms. The first-order chi connectivity index (χ1) is 12.1. The fourth-order valence-electron chi connectivity index (χ4n) is 3.36. The van der Waals surface area contributed by atoms with Gasteiger partial charge < -0.3 is 15.5 Å². The number of hydrogen-bond donors (Lipinski definition) is 2. The average molecular weight is 482 g/mol. The monoisotopic (exact) mass is 481 g/mol. The van der Waals surface area contributed by atoms with Crippen molar-refractivity contribution in [3.63, 3.8) is 0 Å². The smallest absolute Gasteiger partial charge is 0.191 e. The van der Waals surface area contributed by atoms with E-state index in [1.54, 1.807) is 0 Å². The Morgan fingerprint density at radius 2 is 1.69 bits per heavy atom. The van der Waals surface area contributed by atoms with Crippen molar-refractivity contribution in [2.75, 3.05) is 45.8 Å². The van der Waals surface area contributed by atoms with Crippen LogP contribution in [0.25, 0.3) is 0 Å². The molecule has 2 N–H and O–H groups in total. The van der Waals surface area contributed by atoms with Crippen LogP contribution in [0, 0.1) is 0 Å². The minimum Gasteiger partial charge on any atom is -0.357 e. The lowest BCUT2D eigenvalue weighted by Crippen LogP contribution is -2.50. The van der Waals surface area contributed by atoms with Gasteiger partial charge in [-0.05, 0) is 33.7 Å². The van der Waals surface area contributed by atoms with Crippen molar-refractivity contribution < 1.29 is 0 Å². The Bertz CT molecular complexity index is 356. The molecule has 2 atom stereocenters. The molecule has 5 nitrogen and oxygen atoms in total. The van der Waals surface area contributed by atoms with Gasteiger partial charge in [0, 0.05) is 44.8 Å². The number of aliphatic imine (C=N–C) groups is 1. The second-order valence-corrected chi connectivity index (χ2v) is 7.43. The maximum atomic E-state index is 4.85. The molecule has 0 amide bonds. The summed E-state index contributed by atoms with van der Waals surface area (Å²) in [4.78, 5) is 9.95. The molecule has 2 unspecified atom stereocenters. The van der Waals surface area contributed by atoms with E-state index in [0.29, 0.717) is 12.1 Å². The number of unbranched alkanes of at least 4 members (excludes halogenated alkanes) is 3. The van der Waals surface area contributed by atoms with E-state index in [1.165, 1.54) is 64.8 Å². The summed E-state index contributed by atoms with van der Waals surface area (Å²) in [7, 11) is 0. The molecule has 26 heavy (non-hydrogen) atoms. The predicted octanol–water partition coefficient (Wildman–Crippen LogP) is 3.54. The Hall–Kier alpha value is -0.0800. The minimum absolute atomic E-state index is 0. The van der Waals surface area contributed by atoms with Gasteiger partial charge in [-0.3, -0.25) is 9.89 Å². The summed E-state index contributed by atoms with van der Waals surface area (Å²) in [6.45, 7) is 18.9. The normalized spacial score (nSPS) is 18.9. The highest BCUT2D eigenvalue weighted by molar-refractivity contribution is 14.0. The minimum atomic E-state index is 0. The Morgan fingerprint density at radius 3 is 2.27 bits per heavy atom. The molecule has 0 saturated carbocycles. The lowest BCUT2D eigenvalue weighted by Gasteiger charge is -2.37. The van der Waals surface area contributed by atoms with Crippen LogP contribution in [0.2, 0.25) is 0 Å². The molecule has 0 aromatic heterocycles. The summed E-state index contributed by atoms with van der Waals surface area (Å²) in [5, 5.41) is 6.98. The number of nitrogens with zero attached hydrogens (tertiary/aromatic N) is 3. The van der Waals surface area contributed by atoms with Crippen LogP contribution >= 0.6 is 24.0 Å². The van der Waals surface area contributed by atoms with E-state index in [9.17, 15) is 0 Å². The van der Waals surface area contributed by atoms with Crippen LogP contribution < -0.4 is 10.6 Å². The van der Waals surface area contributed by atoms with E-state index in [0.717, 1.165) is 19.0 Å². The van der Waals surface area contributed by atoms with Gasteiger partial charge in [0.15, 0.2) is 5.96 Å². The van der Waals surface area contributed by atoms with Crippen molar-refractivity contribution in [2.24, 2.45) is 4.99 Å². The topological polar surface area (TPSA) is 42.9 Å². The number of rotatable bonds is 11. The SMILES string of the molecule is CCCCCCC(C)NC(=NCC(C)N1CCN(CC)CC1)NCC.I. The van der Waals surface area contributed by atoms with E-state index in [1.807, 2.05) is 0 Å². The van der Waals surface area contributed by atoms with Crippen molar-refractivity contribution in [3.05, 3.63) is 0 Å². The lowest BCUT2D eigenvalue weighted by atomic mass is 10.1. The number of piperazine rings is 1. The second-order valence-electron chi connectivity index (χ2n) is 7.43. The molecule has 1 rings (SSSR count). The standard InChI is InChI=1S/C20H43N5.HI/c1-6-9-10-11-12-18(4)23-20(21-7-2)22-17-19(5)25-15-13-24(8-3)14-16-25;/h18-19H,6-17H2,1-5H3,(H2,21,22,23);1H. The second kappa shape index (κ2) is 15.9. The third kappa shape index (κ3) is 10.9. The van der Waals surface area contributed by atoms with Crippen LogP contribution in [-0.4, -0.2) is 73.7 Å². The summed E-state index contributed by atoms with van der Waals surface area (Å²) in [5.74, 6) is 0.976. The summed E-state index contributed by atoms with van der Waals surface area (Å²) < 4.78 is 0. The van der Waals surface area contributed by atoms with Crippen LogP contribution in [0.5, 0.6) is 0 Å². The zero-order chi connectivity index (χ0) is 18.5. The number of guanidine groups is 1. The van der Waals surface area contributed by atoms with Gasteiger partial charge in [0.05, 0.1) is 6.54 Å². The van der Waals surface area contributed by atoms with Crippen LogP contribution in [-0.2, 0) is 0 Å². The van der Waals surface area contributed by atoms with Gasteiger partial charge in [-0.1, -0.05) is 39.5 Å². The highest BCUT2D eigenvalue weighted by atomic mass is 127. The van der Waals surface area contributed by atoms with Crippen molar-refractivity contribution in [1.82, 2.24) is 20.4 Å². The zero-order valence-electron chi connectivity index (χ0n) is 17.9. The van der Waals surface area contributed by atoms with Gasteiger partial charge >= 0.3 is 0 Å². The molecular weight excluding hydrogens is 437 g/mol. The van der Waals surface area contributed by atoms with Crippen molar-refractivity contribution in [2.45, 2.75) is 78.8 Å². The molecule has 0 spiro atoms. The quantitative estimate of drug-likeness (QED) is 0.205. The Morgan fingerprint density at radius 1 is 1.00 bits per heavy atom. The third-order valence-corrected chi connectivity index (χ3v) is 5.21. The summed E-state index contributed by atoms with van der Waals surface area (Å²) >= 11 is 0. The van der Waals surface area contributed by atoms with E-state index in [-0.39, 0.29) is 24.0 Å². The van der Waals surface area contributed by atoms with Crippen molar-refractivity contribution >= 4 is 29.9 Å². The third-order valence-electron chi connectivity index (χ3n) is 5.21. The molecule has 1 aliphatic rings. The molecule has 1 fully saturated rings. The average Bonchev–Trinajstić information content (AvgIpc) is 2.63. The maximum Gasteiger partial charge on any atom is 0.191 e. The number of nitrogens with one attached hydrogen (secondary N) is 2. The Balaban J connectivity index is 0.00000625. The summed E-state index contributed by atoms with van der Waals surface area (Å²) in [6, 6.07) is 0.993. The predicted molar refractivity (Wildman–Crippen MR) is 126 cm³/mol. The molecule has 6 heteroatoms. The van der Waals surface area contributed by atoms with Gasteiger partial charge in [0.25, 0.3) is 0 Å². The molecule has 0 aliphatic carbocycles. The molecule has 0 aromatic carbocycles. The van der Waals surface area contributed by atoms with Crippen molar-refractivity contribution in [3.8, 4) is 0 Å². The van der Waals surface area contributed by atoms with Crippen LogP contribution in [0.15, 0.2) is 4.99 Å². The summed E-state index contributed by atoms with van der Waals surface area (Å²) in [5.41, 5.74) is 0. The maximum absolute atomic E-state index is 4.85. The summed E-state index contributed by atoms with van der Waals surface area (Å²) in [6.07, 6.45) is 6.52. The van der Waals surface area contributed by atoms with Gasteiger partial charge in [-0.2, -0.15) is 0 Å². The van der Waals surface area contributed by atoms with Gasteiger partial charge in [0.1, 0.15) is 0 Å². The van der Waals surface area contributed by atoms with Gasteiger partial charge in [-0.25, -0.2) is 0 Å². The molecular formula is C20H44IN5. The molecule has 0 radical (unpaired) electrons. The molecule has 1 saturated heterocycles. The Labute approximate surface area is 179 Å². The lowest BCUT2D eigenvalue weighted by molar-refractivity contribution is 0.109. The first-order valence-corrected chi connectivity index (χ1v) is 10.6. The van der Waals surface area contributed by atoms with Crippen LogP contribution in [0.3, 0.4) is 0 Å². The highest BCUT2D eigenvalue weighted by Crippen LogP contribution is 2.07. The van der Waals surface area contributed by atoms with Crippen molar-refractivity contribution in [1.29, 1.82) is 0 Å². The molecule has 156 valence electrons. The van der Waals surface area contributed by atoms with Gasteiger partial charge in [-0.15, -0.1) is 24.0 Å². The molecule has 1 heterocycles. The largest absolute Gasteiger partial charge is 0.357 e. The zero-order valence-corrected chi connectivity index (χ0v) is 20.2. The van der Waals surface area contributed by atoms with Gasteiger partial charge in [0.2, 0.25) is 0 Å². The van der Waals surface area contributed by atoms with Crippen LogP contribution in [0.4, 0.5) is 0 Å². The van der Waals surface area contributed by atoms with E-state index in [2.05, 4.69) is 55.1 Å². The highest BCUT2D eigenvalue weighted by Gasteiger charge is 2.20. The van der Waals surface area contributed by atoms with E-state index >= 15 is 0 Å². The number of halogens is 1. The first kappa shape index (κ1) is 25.9. The number of likely N-dealkylation sites (N-methyl/N-ethyl adjacent to an activating group) is 1. The fourth-order valence-corrected chi connectivity index (χ4v) is 3.36. The van der Waals surface area contributed by atoms with Crippen LogP contribution in [0.1, 0.15) is 66.7 Å². The number of hydrogen-bond acceptors (Lipinski definition) is 3. The van der Waals surface area contributed by atoms with E-state index in [4.69, 9.17) is 4.99 Å². The molecule has 1 aliphatic heterocycles. The fraction of sp³-hybridized carbons (Fsp3) is 0.950. The molecule has 0 aromatic rings. The first-order valence-electron chi connectivity index (χ1n) is 10.6.